The molecule has 3 fully saturated rings. The predicted octanol–water partition coefficient (Wildman–Crippen LogP) is 2.57. The third-order valence-corrected chi connectivity index (χ3v) is 5.50. The largest absolute Gasteiger partial charge is 0.317 e. The Kier molecular flexibility index (Phi) is 3.07. The van der Waals surface area contributed by atoms with Crippen molar-refractivity contribution in [2.45, 2.75) is 56.9 Å². The summed E-state index contributed by atoms with van der Waals surface area (Å²) in [6.45, 7) is 3.11. The minimum absolute atomic E-state index is 0.0764. The van der Waals surface area contributed by atoms with Crippen LogP contribution < -0.4 is 5.32 Å². The van der Waals surface area contributed by atoms with Crippen molar-refractivity contribution in [3.05, 3.63) is 11.9 Å². The molecule has 4 nitrogen and oxygen atoms in total. The van der Waals surface area contributed by atoms with E-state index in [9.17, 15) is 8.78 Å². The summed E-state index contributed by atoms with van der Waals surface area (Å²) in [5.41, 5.74) is 0.928. The Morgan fingerprint density at radius 3 is 2.62 bits per heavy atom. The van der Waals surface area contributed by atoms with E-state index in [1.165, 1.54) is 12.8 Å². The number of nitrogens with zero attached hydrogens (tertiary/aromatic N) is 3. The van der Waals surface area contributed by atoms with Crippen LogP contribution in [0.25, 0.3) is 0 Å². The molecule has 21 heavy (non-hydrogen) atoms. The number of rotatable bonds is 3. The zero-order valence-corrected chi connectivity index (χ0v) is 12.2. The topological polar surface area (TPSA) is 42.7 Å². The second-order valence-electron chi connectivity index (χ2n) is 7.37. The summed E-state index contributed by atoms with van der Waals surface area (Å²) in [5.74, 6) is -1.38. The van der Waals surface area contributed by atoms with Crippen molar-refractivity contribution in [2.75, 3.05) is 13.1 Å². The van der Waals surface area contributed by atoms with Crippen molar-refractivity contribution in [2.24, 2.45) is 11.3 Å². The molecule has 4 rings (SSSR count). The van der Waals surface area contributed by atoms with Crippen LogP contribution in [0.4, 0.5) is 8.78 Å². The van der Waals surface area contributed by atoms with Crippen molar-refractivity contribution in [1.29, 1.82) is 0 Å². The van der Waals surface area contributed by atoms with Crippen LogP contribution in [0.3, 0.4) is 0 Å². The molecule has 1 aromatic rings. The van der Waals surface area contributed by atoms with Crippen molar-refractivity contribution in [3.63, 3.8) is 0 Å². The molecule has 3 aliphatic rings. The van der Waals surface area contributed by atoms with Crippen LogP contribution in [0.1, 0.15) is 50.1 Å². The van der Waals surface area contributed by atoms with Gasteiger partial charge in [0.2, 0.25) is 5.92 Å². The minimum Gasteiger partial charge on any atom is -0.317 e. The van der Waals surface area contributed by atoms with E-state index >= 15 is 0 Å². The molecule has 0 unspecified atom stereocenters. The Labute approximate surface area is 123 Å². The molecule has 1 aliphatic heterocycles. The van der Waals surface area contributed by atoms with Gasteiger partial charge in [0.15, 0.2) is 0 Å². The van der Waals surface area contributed by atoms with Gasteiger partial charge in [-0.05, 0) is 50.1 Å². The third-order valence-electron chi connectivity index (χ3n) is 5.50. The number of aromatic nitrogens is 3. The van der Waals surface area contributed by atoms with E-state index in [0.29, 0.717) is 11.8 Å². The Morgan fingerprint density at radius 1 is 1.24 bits per heavy atom. The first kappa shape index (κ1) is 13.6. The van der Waals surface area contributed by atoms with Gasteiger partial charge in [-0.2, -0.15) is 0 Å². The van der Waals surface area contributed by atoms with Gasteiger partial charge < -0.3 is 5.32 Å². The van der Waals surface area contributed by atoms with Crippen LogP contribution in [-0.4, -0.2) is 34.0 Å². The molecule has 1 saturated heterocycles. The fourth-order valence-electron chi connectivity index (χ4n) is 4.45. The van der Waals surface area contributed by atoms with E-state index in [1.54, 1.807) is 0 Å². The van der Waals surface area contributed by atoms with Crippen molar-refractivity contribution >= 4 is 0 Å². The molecule has 0 atom stereocenters. The smallest absolute Gasteiger partial charge is 0.249 e. The van der Waals surface area contributed by atoms with Crippen LogP contribution in [0.2, 0.25) is 0 Å². The quantitative estimate of drug-likeness (QED) is 0.932. The summed E-state index contributed by atoms with van der Waals surface area (Å²) in [5, 5.41) is 11.9. The highest BCUT2D eigenvalue weighted by Crippen LogP contribution is 2.66. The number of hydrogen-bond acceptors (Lipinski definition) is 3. The lowest BCUT2D eigenvalue weighted by Crippen LogP contribution is -2.52. The second-order valence-corrected chi connectivity index (χ2v) is 7.37. The summed E-state index contributed by atoms with van der Waals surface area (Å²) >= 11 is 0. The lowest BCUT2D eigenvalue weighted by Gasteiger charge is -2.56. The first-order valence-electron chi connectivity index (χ1n) is 8.02. The van der Waals surface area contributed by atoms with Crippen LogP contribution in [0, 0.1) is 11.3 Å². The zero-order chi connectivity index (χ0) is 14.5. The van der Waals surface area contributed by atoms with E-state index in [2.05, 4.69) is 15.6 Å². The SMILES string of the molecule is FC1(F)CC2(CC(c3cn(CC4CCNCC4)nn3)C2)C1. The Bertz CT molecular complexity index is 505. The van der Waals surface area contributed by atoms with E-state index in [0.717, 1.165) is 38.2 Å². The van der Waals surface area contributed by atoms with Gasteiger partial charge in [0, 0.05) is 31.5 Å². The summed E-state index contributed by atoms with van der Waals surface area (Å²) in [6, 6.07) is 0. The van der Waals surface area contributed by atoms with Crippen LogP contribution in [-0.2, 0) is 6.54 Å². The van der Waals surface area contributed by atoms with E-state index in [1.807, 2.05) is 10.9 Å². The van der Waals surface area contributed by atoms with Gasteiger partial charge in [-0.25, -0.2) is 8.78 Å². The highest BCUT2D eigenvalue weighted by Gasteiger charge is 2.62. The Morgan fingerprint density at radius 2 is 1.95 bits per heavy atom. The van der Waals surface area contributed by atoms with Crippen molar-refractivity contribution < 1.29 is 8.78 Å². The molecule has 1 aromatic heterocycles. The number of nitrogens with one attached hydrogen (secondary N) is 1. The third kappa shape index (κ3) is 2.58. The van der Waals surface area contributed by atoms with Gasteiger partial charge in [-0.15, -0.1) is 5.10 Å². The first-order valence-corrected chi connectivity index (χ1v) is 8.02. The molecular weight excluding hydrogens is 274 g/mol. The molecule has 0 amide bonds. The molecule has 0 radical (unpaired) electrons. The van der Waals surface area contributed by atoms with Crippen LogP contribution >= 0.6 is 0 Å². The normalized spacial score (nSPS) is 28.3. The highest BCUT2D eigenvalue weighted by molar-refractivity contribution is 5.17. The molecular formula is C15H22F2N4. The molecule has 0 aromatic carbocycles. The highest BCUT2D eigenvalue weighted by atomic mass is 19.3. The summed E-state index contributed by atoms with van der Waals surface area (Å²) < 4.78 is 28.0. The molecule has 6 heteroatoms. The fourth-order valence-corrected chi connectivity index (χ4v) is 4.45. The molecule has 116 valence electrons. The Balaban J connectivity index is 1.32. The number of alkyl halides is 2. The van der Waals surface area contributed by atoms with Gasteiger partial charge in [0.1, 0.15) is 0 Å². The standard InChI is InChI=1S/C15H22F2N4/c16-15(17)9-14(10-15)5-12(6-14)13-8-21(20-19-13)7-11-1-3-18-4-2-11/h8,11-12,18H,1-7,9-10H2. The minimum atomic E-state index is -2.41. The molecule has 2 saturated carbocycles. The average Bonchev–Trinajstić information content (AvgIpc) is 2.82. The van der Waals surface area contributed by atoms with Gasteiger partial charge in [0.05, 0.1) is 5.69 Å². The van der Waals surface area contributed by atoms with E-state index in [-0.39, 0.29) is 18.3 Å². The van der Waals surface area contributed by atoms with Crippen molar-refractivity contribution in [1.82, 2.24) is 20.3 Å². The van der Waals surface area contributed by atoms with Gasteiger partial charge in [-0.1, -0.05) is 5.21 Å². The zero-order valence-electron chi connectivity index (χ0n) is 12.2. The summed E-state index contributed by atoms with van der Waals surface area (Å²) in [7, 11) is 0. The summed E-state index contributed by atoms with van der Waals surface area (Å²) in [6.07, 6.45) is 6.33. The molecule has 2 aliphatic carbocycles. The first-order chi connectivity index (χ1) is 10.0. The molecule has 0 bridgehead atoms. The maximum absolute atomic E-state index is 13.0. The number of piperidine rings is 1. The number of hydrogen-bond donors (Lipinski definition) is 1. The predicted molar refractivity (Wildman–Crippen MR) is 74.2 cm³/mol. The molecule has 1 N–H and O–H groups in total. The van der Waals surface area contributed by atoms with Gasteiger partial charge in [-0.3, -0.25) is 4.68 Å². The maximum Gasteiger partial charge on any atom is 0.249 e. The van der Waals surface area contributed by atoms with E-state index < -0.39 is 5.92 Å². The van der Waals surface area contributed by atoms with Crippen LogP contribution in [0.15, 0.2) is 6.20 Å². The lowest BCUT2D eigenvalue weighted by molar-refractivity contribution is -0.196. The van der Waals surface area contributed by atoms with Gasteiger partial charge in [0.25, 0.3) is 0 Å². The van der Waals surface area contributed by atoms with Crippen molar-refractivity contribution in [3.8, 4) is 0 Å². The van der Waals surface area contributed by atoms with E-state index in [4.69, 9.17) is 0 Å². The lowest BCUT2D eigenvalue weighted by atomic mass is 9.50. The molecule has 1 spiro atoms. The van der Waals surface area contributed by atoms with Gasteiger partial charge >= 0.3 is 0 Å². The van der Waals surface area contributed by atoms with Crippen LogP contribution in [0.5, 0.6) is 0 Å². The Hall–Kier alpha value is -1.04. The fraction of sp³-hybridized carbons (Fsp3) is 0.867. The molecule has 2 heterocycles. The number of halogens is 2. The maximum atomic E-state index is 13.0. The second kappa shape index (κ2) is 4.73. The monoisotopic (exact) mass is 296 g/mol. The average molecular weight is 296 g/mol. The summed E-state index contributed by atoms with van der Waals surface area (Å²) in [4.78, 5) is 0.